The molecule has 1 aromatic heterocycles. The molecule has 0 bridgehead atoms. The Hall–Kier alpha value is -2.53. The van der Waals surface area contributed by atoms with Gasteiger partial charge in [-0.25, -0.2) is 0 Å². The van der Waals surface area contributed by atoms with Gasteiger partial charge in [-0.2, -0.15) is 0 Å². The van der Waals surface area contributed by atoms with Crippen LogP contribution in [0, 0.1) is 0 Å². The Labute approximate surface area is 174 Å². The van der Waals surface area contributed by atoms with Gasteiger partial charge in [-0.15, -0.1) is 11.8 Å². The number of allylic oxidation sites excluding steroid dienone is 1. The maximum Gasteiger partial charge on any atom is 0.0718 e. The number of unbranched alkanes of at least 4 members (excludes halogenated alkanes) is 1. The summed E-state index contributed by atoms with van der Waals surface area (Å²) in [6, 6.07) is 9.87. The van der Waals surface area contributed by atoms with Crippen molar-refractivity contribution in [2.24, 2.45) is 4.99 Å². The summed E-state index contributed by atoms with van der Waals surface area (Å²) < 4.78 is 0. The van der Waals surface area contributed by atoms with Crippen LogP contribution in [0.15, 0.2) is 71.0 Å². The van der Waals surface area contributed by atoms with Crippen molar-refractivity contribution in [2.75, 3.05) is 12.0 Å². The summed E-state index contributed by atoms with van der Waals surface area (Å²) in [6.07, 6.45) is 12.0. The first-order chi connectivity index (χ1) is 13.5. The molecule has 0 atom stereocenters. The smallest absolute Gasteiger partial charge is 0.0718 e. The van der Waals surface area contributed by atoms with Crippen molar-refractivity contribution >= 4 is 29.4 Å². The Morgan fingerprint density at radius 3 is 2.61 bits per heavy atom. The minimum atomic E-state index is 0.671. The van der Waals surface area contributed by atoms with Crippen molar-refractivity contribution in [3.63, 3.8) is 0 Å². The van der Waals surface area contributed by atoms with Crippen molar-refractivity contribution < 1.29 is 0 Å². The second-order valence-electron chi connectivity index (χ2n) is 6.11. The van der Waals surface area contributed by atoms with Gasteiger partial charge >= 0.3 is 0 Å². The second kappa shape index (κ2) is 13.6. The molecule has 1 heterocycles. The number of aromatic nitrogens is 1. The second-order valence-corrected chi connectivity index (χ2v) is 6.96. The first-order valence-electron chi connectivity index (χ1n) is 9.51. The van der Waals surface area contributed by atoms with Crippen LogP contribution in [0.25, 0.3) is 5.70 Å². The van der Waals surface area contributed by atoms with Crippen LogP contribution in [-0.4, -0.2) is 17.5 Å². The average Bonchev–Trinajstić information content (AvgIpc) is 2.73. The predicted molar refractivity (Wildman–Crippen MR) is 126 cm³/mol. The van der Waals surface area contributed by atoms with Crippen LogP contribution >= 0.6 is 11.8 Å². The zero-order chi connectivity index (χ0) is 20.8. The molecule has 2 rings (SSSR count). The van der Waals surface area contributed by atoms with Crippen LogP contribution in [-0.2, 0) is 6.54 Å². The molecule has 0 fully saturated rings. The van der Waals surface area contributed by atoms with Crippen molar-refractivity contribution in [3.05, 3.63) is 72.2 Å². The zero-order valence-electron chi connectivity index (χ0n) is 17.4. The van der Waals surface area contributed by atoms with E-state index in [1.54, 1.807) is 24.2 Å². The Balaban J connectivity index is 0.000000892. The molecule has 0 radical (unpaired) electrons. The van der Waals surface area contributed by atoms with E-state index in [1.165, 1.54) is 12.8 Å². The first-order valence-corrected chi connectivity index (χ1v) is 10.7. The lowest BCUT2D eigenvalue weighted by atomic mass is 10.1. The molecule has 0 saturated carbocycles. The molecular weight excluding hydrogens is 364 g/mol. The third-order valence-corrected chi connectivity index (χ3v) is 4.64. The Kier molecular flexibility index (Phi) is 11.4. The van der Waals surface area contributed by atoms with Crippen LogP contribution in [0.2, 0.25) is 0 Å². The van der Waals surface area contributed by atoms with Crippen LogP contribution < -0.4 is 11.1 Å². The number of nitrogens with one attached hydrogen (secondary N) is 1. The Morgan fingerprint density at radius 1 is 1.29 bits per heavy atom. The van der Waals surface area contributed by atoms with E-state index in [2.05, 4.69) is 35.7 Å². The number of anilines is 1. The highest BCUT2D eigenvalue weighted by atomic mass is 32.2. The summed E-state index contributed by atoms with van der Waals surface area (Å²) in [6.45, 7) is 11.0. The Bertz CT molecular complexity index is 780. The van der Waals surface area contributed by atoms with Gasteiger partial charge < -0.3 is 11.1 Å². The summed E-state index contributed by atoms with van der Waals surface area (Å²) in [5.74, 6) is 0. The Morgan fingerprint density at radius 2 is 2.04 bits per heavy atom. The van der Waals surface area contributed by atoms with Crippen molar-refractivity contribution in [1.82, 2.24) is 10.3 Å². The molecule has 5 heteroatoms. The number of nitrogen functional groups attached to an aromatic ring is 1. The molecule has 4 nitrogen and oxygen atoms in total. The molecule has 0 unspecified atom stereocenters. The topological polar surface area (TPSA) is 63.3 Å². The van der Waals surface area contributed by atoms with Gasteiger partial charge in [0.25, 0.3) is 0 Å². The maximum absolute atomic E-state index is 5.97. The van der Waals surface area contributed by atoms with Crippen molar-refractivity contribution in [3.8, 4) is 0 Å². The molecular formula is C23H32N4S. The van der Waals surface area contributed by atoms with E-state index in [1.807, 2.05) is 55.8 Å². The third kappa shape index (κ3) is 8.44. The molecule has 150 valence electrons. The highest BCUT2D eigenvalue weighted by molar-refractivity contribution is 7.98. The molecule has 3 N–H and O–H groups in total. The number of pyridine rings is 1. The van der Waals surface area contributed by atoms with E-state index in [0.717, 1.165) is 33.1 Å². The van der Waals surface area contributed by atoms with E-state index in [0.29, 0.717) is 6.54 Å². The van der Waals surface area contributed by atoms with E-state index in [-0.39, 0.29) is 0 Å². The summed E-state index contributed by atoms with van der Waals surface area (Å²) in [5, 5.41) is 3.28. The predicted octanol–water partition coefficient (Wildman–Crippen LogP) is 5.93. The number of aliphatic imine (C=N–C) groups is 1. The lowest BCUT2D eigenvalue weighted by Gasteiger charge is -2.10. The number of rotatable bonds is 8. The summed E-state index contributed by atoms with van der Waals surface area (Å²) in [7, 11) is 0. The monoisotopic (exact) mass is 396 g/mol. The van der Waals surface area contributed by atoms with Crippen LogP contribution in [0.1, 0.15) is 44.7 Å². The first kappa shape index (κ1) is 23.5. The number of hydrogen-bond acceptors (Lipinski definition) is 5. The average molecular weight is 397 g/mol. The summed E-state index contributed by atoms with van der Waals surface area (Å²) >= 11 is 1.62. The highest BCUT2D eigenvalue weighted by Gasteiger charge is 2.05. The SMILES string of the molecule is C=C(/C=C(\N=CC)c1ccc(N)c(SC)c1)NCc1cccnc1.CCCC. The largest absolute Gasteiger partial charge is 0.398 e. The molecule has 0 spiro atoms. The van der Waals surface area contributed by atoms with Gasteiger partial charge in [-0.3, -0.25) is 9.98 Å². The molecule has 2 aromatic rings. The lowest BCUT2D eigenvalue weighted by Crippen LogP contribution is -2.10. The van der Waals surface area contributed by atoms with E-state index in [9.17, 15) is 0 Å². The van der Waals surface area contributed by atoms with Crippen LogP contribution in [0.4, 0.5) is 5.69 Å². The molecule has 0 saturated heterocycles. The van der Waals surface area contributed by atoms with E-state index >= 15 is 0 Å². The van der Waals surface area contributed by atoms with E-state index < -0.39 is 0 Å². The van der Waals surface area contributed by atoms with Crippen LogP contribution in [0.3, 0.4) is 0 Å². The van der Waals surface area contributed by atoms with Gasteiger partial charge in [0.05, 0.1) is 5.70 Å². The van der Waals surface area contributed by atoms with Crippen molar-refractivity contribution in [2.45, 2.75) is 45.1 Å². The molecule has 1 aromatic carbocycles. The summed E-state index contributed by atoms with van der Waals surface area (Å²) in [5.41, 5.74) is 10.5. The number of nitrogens with two attached hydrogens (primary N) is 1. The van der Waals surface area contributed by atoms with Gasteiger partial charge in [0, 0.05) is 47.0 Å². The normalized spacial score (nSPS) is 11.1. The fourth-order valence-corrected chi connectivity index (χ4v) is 2.69. The molecule has 0 amide bonds. The minimum Gasteiger partial charge on any atom is -0.398 e. The van der Waals surface area contributed by atoms with Gasteiger partial charge in [0.1, 0.15) is 0 Å². The highest BCUT2D eigenvalue weighted by Crippen LogP contribution is 2.28. The maximum atomic E-state index is 5.97. The van der Waals surface area contributed by atoms with Gasteiger partial charge in [-0.05, 0) is 43.0 Å². The number of benzene rings is 1. The molecule has 28 heavy (non-hydrogen) atoms. The molecule has 0 aliphatic carbocycles. The van der Waals surface area contributed by atoms with Gasteiger partial charge in [0.2, 0.25) is 0 Å². The number of nitrogens with zero attached hydrogens (tertiary/aromatic N) is 2. The quantitative estimate of drug-likeness (QED) is 0.251. The molecule has 0 aliphatic heterocycles. The third-order valence-electron chi connectivity index (χ3n) is 3.85. The fourth-order valence-electron chi connectivity index (χ4n) is 2.14. The zero-order valence-corrected chi connectivity index (χ0v) is 18.2. The minimum absolute atomic E-state index is 0.671. The van der Waals surface area contributed by atoms with Gasteiger partial charge in [0.15, 0.2) is 0 Å². The van der Waals surface area contributed by atoms with E-state index in [4.69, 9.17) is 5.73 Å². The standard InChI is InChI=1S/C19H22N4S.C4H10/c1-4-22-18(16-7-8-17(20)19(11-16)24-3)10-14(2)23-13-15-6-5-9-21-12-15;1-3-4-2/h4-12,23H,2,13,20H2,1,3H3;3-4H2,1-2H3/b18-10-,22-4?;. The lowest BCUT2D eigenvalue weighted by molar-refractivity contribution is 0.832. The van der Waals surface area contributed by atoms with Gasteiger partial charge in [-0.1, -0.05) is 45.4 Å². The number of hydrogen-bond donors (Lipinski definition) is 2. The van der Waals surface area contributed by atoms with Crippen LogP contribution in [0.5, 0.6) is 0 Å². The molecule has 0 aliphatic rings. The van der Waals surface area contributed by atoms with Crippen molar-refractivity contribution in [1.29, 1.82) is 0 Å². The number of thioether (sulfide) groups is 1. The summed E-state index contributed by atoms with van der Waals surface area (Å²) in [4.78, 5) is 9.61. The fraction of sp³-hybridized carbons (Fsp3) is 0.304.